The normalized spacial score (nSPS) is 16.0. The first-order valence-corrected chi connectivity index (χ1v) is 11.8. The Morgan fingerprint density at radius 1 is 1.21 bits per heavy atom. The number of hydrogen-bond donors (Lipinski definition) is 1. The van der Waals surface area contributed by atoms with Gasteiger partial charge in [-0.2, -0.15) is 4.31 Å². The van der Waals surface area contributed by atoms with Crippen molar-refractivity contribution in [2.75, 3.05) is 40.4 Å². The van der Waals surface area contributed by atoms with Crippen LogP contribution in [0.3, 0.4) is 0 Å². The van der Waals surface area contributed by atoms with Gasteiger partial charge >= 0.3 is 0 Å². The van der Waals surface area contributed by atoms with Crippen LogP contribution in [-0.2, 0) is 27.8 Å². The molecule has 0 bridgehead atoms. The molecule has 0 amide bonds. The van der Waals surface area contributed by atoms with Gasteiger partial charge in [0, 0.05) is 38.6 Å². The fraction of sp³-hybridized carbons (Fsp3) is 0.450. The summed E-state index contributed by atoms with van der Waals surface area (Å²) in [5.74, 6) is 0.761. The van der Waals surface area contributed by atoms with Gasteiger partial charge in [0.2, 0.25) is 0 Å². The predicted octanol–water partition coefficient (Wildman–Crippen LogP) is 2.28. The van der Waals surface area contributed by atoms with Gasteiger partial charge in [-0.25, -0.2) is 8.42 Å². The Kier molecular flexibility index (Phi) is 7.28. The third-order valence-corrected chi connectivity index (χ3v) is 8.19. The third-order valence-electron chi connectivity index (χ3n) is 4.74. The molecule has 0 spiro atoms. The van der Waals surface area contributed by atoms with Crippen LogP contribution in [0.4, 0.5) is 0 Å². The van der Waals surface area contributed by atoms with E-state index < -0.39 is 10.0 Å². The number of aliphatic imine (C=N–C) groups is 1. The number of nitrogens with one attached hydrogen (secondary N) is 1. The molecule has 1 N–H and O–H groups in total. The highest BCUT2D eigenvalue weighted by molar-refractivity contribution is 7.91. The Balaban J connectivity index is 1.59. The molecule has 2 aromatic rings. The fourth-order valence-corrected chi connectivity index (χ4v) is 5.96. The van der Waals surface area contributed by atoms with Crippen molar-refractivity contribution in [3.8, 4) is 0 Å². The summed E-state index contributed by atoms with van der Waals surface area (Å²) < 4.78 is 32.6. The van der Waals surface area contributed by atoms with E-state index in [0.717, 1.165) is 17.4 Å². The summed E-state index contributed by atoms with van der Waals surface area (Å²) >= 11 is 1.30. The third kappa shape index (κ3) is 5.57. The highest BCUT2D eigenvalue weighted by Gasteiger charge is 2.27. The lowest BCUT2D eigenvalue weighted by Crippen LogP contribution is -2.40. The second-order valence-electron chi connectivity index (χ2n) is 6.98. The van der Waals surface area contributed by atoms with Gasteiger partial charge in [0.25, 0.3) is 10.0 Å². The number of aryl methyl sites for hydroxylation is 1. The molecule has 9 heteroatoms. The largest absolute Gasteiger partial charge is 0.379 e. The molecule has 3 rings (SSSR count). The molecule has 1 aromatic carbocycles. The van der Waals surface area contributed by atoms with Crippen LogP contribution in [0.5, 0.6) is 0 Å². The highest BCUT2D eigenvalue weighted by atomic mass is 32.2. The second-order valence-corrected chi connectivity index (χ2v) is 10.3. The summed E-state index contributed by atoms with van der Waals surface area (Å²) in [5, 5.41) is 3.32. The smallest absolute Gasteiger partial charge is 0.252 e. The van der Waals surface area contributed by atoms with Crippen LogP contribution in [0.2, 0.25) is 0 Å². The predicted molar refractivity (Wildman–Crippen MR) is 117 cm³/mol. The van der Waals surface area contributed by atoms with Crippen LogP contribution in [0.1, 0.15) is 16.0 Å². The van der Waals surface area contributed by atoms with E-state index in [1.54, 1.807) is 13.1 Å². The van der Waals surface area contributed by atoms with Crippen LogP contribution in [0, 0.1) is 6.92 Å². The molecule has 158 valence electrons. The lowest BCUT2D eigenvalue weighted by molar-refractivity contribution is 0.0731. The first-order valence-electron chi connectivity index (χ1n) is 9.54. The Hall–Kier alpha value is -1.94. The van der Waals surface area contributed by atoms with Crippen molar-refractivity contribution >= 4 is 27.3 Å². The Morgan fingerprint density at radius 2 is 1.90 bits per heavy atom. The van der Waals surface area contributed by atoms with Crippen molar-refractivity contribution in [3.63, 3.8) is 0 Å². The maximum atomic E-state index is 12.8. The number of benzene rings is 1. The number of morpholine rings is 1. The van der Waals surface area contributed by atoms with Crippen LogP contribution in [0.25, 0.3) is 0 Å². The topological polar surface area (TPSA) is 74.2 Å². The molecule has 7 nitrogen and oxygen atoms in total. The fourth-order valence-electron chi connectivity index (χ4n) is 3.10. The minimum Gasteiger partial charge on any atom is -0.379 e. The van der Waals surface area contributed by atoms with E-state index in [1.165, 1.54) is 26.8 Å². The standard InChI is InChI=1S/C20H28N4O3S2/c1-16-4-6-17(7-5-16)15-23(3)20(21-2)22-14-18-8-9-19(28-18)29(25,26)24-10-12-27-13-11-24/h4-9H,10-15H2,1-3H3,(H,21,22). The first-order chi connectivity index (χ1) is 13.9. The number of thiophene rings is 1. The van der Waals surface area contributed by atoms with Crippen LogP contribution >= 0.6 is 11.3 Å². The van der Waals surface area contributed by atoms with Crippen molar-refractivity contribution in [1.29, 1.82) is 0 Å². The first kappa shape index (κ1) is 21.8. The number of sulfonamides is 1. The van der Waals surface area contributed by atoms with E-state index in [-0.39, 0.29) is 0 Å². The SMILES string of the molecule is CN=C(NCc1ccc(S(=O)(=O)N2CCOCC2)s1)N(C)Cc1ccc(C)cc1. The minimum absolute atomic E-state index is 0.374. The highest BCUT2D eigenvalue weighted by Crippen LogP contribution is 2.25. The molecule has 0 unspecified atom stereocenters. The number of hydrogen-bond acceptors (Lipinski definition) is 5. The molecule has 1 aliphatic rings. The Bertz CT molecular complexity index is 933. The molecule has 1 fully saturated rings. The molecular weight excluding hydrogens is 408 g/mol. The zero-order valence-electron chi connectivity index (χ0n) is 17.1. The van der Waals surface area contributed by atoms with Crippen LogP contribution < -0.4 is 5.32 Å². The molecule has 0 atom stereocenters. The number of ether oxygens (including phenoxy) is 1. The quantitative estimate of drug-likeness (QED) is 0.556. The minimum atomic E-state index is -3.44. The zero-order chi connectivity index (χ0) is 20.9. The summed E-state index contributed by atoms with van der Waals surface area (Å²) in [6, 6.07) is 12.0. The van der Waals surface area contributed by atoms with Crippen molar-refractivity contribution in [2.24, 2.45) is 4.99 Å². The van der Waals surface area contributed by atoms with E-state index >= 15 is 0 Å². The van der Waals surface area contributed by atoms with Gasteiger partial charge in [-0.05, 0) is 24.6 Å². The lowest BCUT2D eigenvalue weighted by atomic mass is 10.1. The molecule has 0 aliphatic carbocycles. The molecular formula is C20H28N4O3S2. The van der Waals surface area contributed by atoms with Gasteiger partial charge < -0.3 is 15.0 Å². The van der Waals surface area contributed by atoms with Crippen molar-refractivity contribution in [1.82, 2.24) is 14.5 Å². The summed E-state index contributed by atoms with van der Waals surface area (Å²) in [6.07, 6.45) is 0. The number of nitrogens with zero attached hydrogens (tertiary/aromatic N) is 3. The maximum Gasteiger partial charge on any atom is 0.252 e. The van der Waals surface area contributed by atoms with Crippen LogP contribution in [0.15, 0.2) is 45.6 Å². The monoisotopic (exact) mass is 436 g/mol. The van der Waals surface area contributed by atoms with Crippen molar-refractivity contribution in [2.45, 2.75) is 24.2 Å². The Morgan fingerprint density at radius 3 is 2.55 bits per heavy atom. The summed E-state index contributed by atoms with van der Waals surface area (Å²) in [5.41, 5.74) is 2.44. The molecule has 2 heterocycles. The summed E-state index contributed by atoms with van der Waals surface area (Å²) in [7, 11) is 0.288. The number of guanidine groups is 1. The molecule has 1 saturated heterocycles. The van der Waals surface area contributed by atoms with Gasteiger partial charge in [0.1, 0.15) is 4.21 Å². The van der Waals surface area contributed by atoms with Crippen LogP contribution in [-0.4, -0.2) is 64.0 Å². The average Bonchev–Trinajstić information content (AvgIpc) is 3.21. The molecule has 0 saturated carbocycles. The zero-order valence-corrected chi connectivity index (χ0v) is 18.7. The van der Waals surface area contributed by atoms with Crippen molar-refractivity contribution < 1.29 is 13.2 Å². The summed E-state index contributed by atoms with van der Waals surface area (Å²) in [4.78, 5) is 7.33. The second kappa shape index (κ2) is 9.71. The van der Waals surface area contributed by atoms with Gasteiger partial charge in [0.15, 0.2) is 5.96 Å². The lowest BCUT2D eigenvalue weighted by Gasteiger charge is -2.25. The molecule has 1 aromatic heterocycles. The van der Waals surface area contributed by atoms with E-state index in [1.807, 2.05) is 18.0 Å². The van der Waals surface area contributed by atoms with E-state index in [0.29, 0.717) is 37.1 Å². The van der Waals surface area contributed by atoms with E-state index in [2.05, 4.69) is 41.5 Å². The van der Waals surface area contributed by atoms with Gasteiger partial charge in [-0.3, -0.25) is 4.99 Å². The summed E-state index contributed by atoms with van der Waals surface area (Å²) in [6.45, 7) is 5.04. The molecule has 29 heavy (non-hydrogen) atoms. The van der Waals surface area contributed by atoms with Gasteiger partial charge in [-0.15, -0.1) is 11.3 Å². The maximum absolute atomic E-state index is 12.8. The molecule has 1 aliphatic heterocycles. The van der Waals surface area contributed by atoms with E-state index in [9.17, 15) is 8.42 Å². The van der Waals surface area contributed by atoms with E-state index in [4.69, 9.17) is 4.74 Å². The van der Waals surface area contributed by atoms with Gasteiger partial charge in [0.05, 0.1) is 19.8 Å². The number of rotatable bonds is 6. The average molecular weight is 437 g/mol. The molecule has 0 radical (unpaired) electrons. The van der Waals surface area contributed by atoms with Gasteiger partial charge in [-0.1, -0.05) is 29.8 Å². The van der Waals surface area contributed by atoms with Crippen molar-refractivity contribution in [3.05, 3.63) is 52.4 Å². The Labute approximate surface area is 177 Å².